The molecule has 0 radical (unpaired) electrons. The number of likely N-dealkylation sites (N-methyl/N-ethyl adjacent to an activating group) is 1. The second-order valence-corrected chi connectivity index (χ2v) is 4.69. The summed E-state index contributed by atoms with van der Waals surface area (Å²) in [5, 5.41) is 0.461. The molecule has 0 heterocycles. The SMILES string of the molecule is CCOCCN(CC)C(=O)c1ccc(C#CCN)c(Cl)c1. The van der Waals surface area contributed by atoms with Gasteiger partial charge in [0.05, 0.1) is 18.2 Å². The van der Waals surface area contributed by atoms with Gasteiger partial charge in [-0.05, 0) is 32.0 Å². The third kappa shape index (κ3) is 5.39. The molecule has 21 heavy (non-hydrogen) atoms. The molecule has 0 atom stereocenters. The minimum Gasteiger partial charge on any atom is -0.380 e. The van der Waals surface area contributed by atoms with Gasteiger partial charge >= 0.3 is 0 Å². The molecule has 1 aromatic rings. The molecular formula is C16H21ClN2O2. The minimum atomic E-state index is -0.0579. The van der Waals surface area contributed by atoms with Crippen molar-refractivity contribution in [2.45, 2.75) is 13.8 Å². The number of amides is 1. The van der Waals surface area contributed by atoms with Gasteiger partial charge in [0.1, 0.15) is 0 Å². The third-order valence-corrected chi connectivity index (χ3v) is 3.23. The van der Waals surface area contributed by atoms with Gasteiger partial charge in [-0.2, -0.15) is 0 Å². The standard InChI is InChI=1S/C16H21ClN2O2/c1-3-19(10-11-21-4-2)16(20)14-8-7-13(6-5-9-18)15(17)12-14/h7-8,12H,3-4,9-11,18H2,1-2H3. The van der Waals surface area contributed by atoms with Crippen molar-refractivity contribution in [3.8, 4) is 11.8 Å². The fraction of sp³-hybridized carbons (Fsp3) is 0.438. The average Bonchev–Trinajstić information content (AvgIpc) is 2.50. The predicted molar refractivity (Wildman–Crippen MR) is 85.5 cm³/mol. The van der Waals surface area contributed by atoms with Crippen LogP contribution in [0.25, 0.3) is 0 Å². The summed E-state index contributed by atoms with van der Waals surface area (Å²) in [7, 11) is 0. The summed E-state index contributed by atoms with van der Waals surface area (Å²) in [4.78, 5) is 14.1. The van der Waals surface area contributed by atoms with E-state index in [0.29, 0.717) is 42.5 Å². The van der Waals surface area contributed by atoms with E-state index in [-0.39, 0.29) is 12.5 Å². The molecule has 114 valence electrons. The van der Waals surface area contributed by atoms with Gasteiger partial charge in [0.2, 0.25) is 0 Å². The van der Waals surface area contributed by atoms with E-state index in [2.05, 4.69) is 11.8 Å². The molecule has 0 aliphatic heterocycles. The van der Waals surface area contributed by atoms with Gasteiger partial charge in [-0.25, -0.2) is 0 Å². The Balaban J connectivity index is 2.83. The van der Waals surface area contributed by atoms with Gasteiger partial charge < -0.3 is 15.4 Å². The Morgan fingerprint density at radius 3 is 2.76 bits per heavy atom. The van der Waals surface area contributed by atoms with Crippen LogP contribution in [0, 0.1) is 11.8 Å². The number of halogens is 1. The van der Waals surface area contributed by atoms with Crippen LogP contribution in [-0.4, -0.2) is 43.7 Å². The van der Waals surface area contributed by atoms with E-state index >= 15 is 0 Å². The van der Waals surface area contributed by atoms with E-state index in [1.807, 2.05) is 13.8 Å². The lowest BCUT2D eigenvalue weighted by atomic mass is 10.1. The van der Waals surface area contributed by atoms with Gasteiger partial charge in [-0.15, -0.1) is 0 Å². The zero-order valence-corrected chi connectivity index (χ0v) is 13.2. The molecule has 2 N–H and O–H groups in total. The van der Waals surface area contributed by atoms with Crippen molar-refractivity contribution in [1.82, 2.24) is 4.90 Å². The maximum Gasteiger partial charge on any atom is 0.253 e. The van der Waals surface area contributed by atoms with Crippen LogP contribution < -0.4 is 5.73 Å². The molecule has 0 saturated carbocycles. The van der Waals surface area contributed by atoms with E-state index < -0.39 is 0 Å². The first-order valence-electron chi connectivity index (χ1n) is 6.99. The van der Waals surface area contributed by atoms with Crippen LogP contribution in [0.4, 0.5) is 0 Å². The van der Waals surface area contributed by atoms with Crippen molar-refractivity contribution in [3.05, 3.63) is 34.3 Å². The number of hydrogen-bond donors (Lipinski definition) is 1. The molecule has 1 rings (SSSR count). The second-order valence-electron chi connectivity index (χ2n) is 4.28. The largest absolute Gasteiger partial charge is 0.380 e. The Bertz CT molecular complexity index is 535. The van der Waals surface area contributed by atoms with Crippen LogP contribution in [0.15, 0.2) is 18.2 Å². The van der Waals surface area contributed by atoms with Crippen molar-refractivity contribution >= 4 is 17.5 Å². The number of nitrogens with zero attached hydrogens (tertiary/aromatic N) is 1. The quantitative estimate of drug-likeness (QED) is 0.647. The van der Waals surface area contributed by atoms with Crippen molar-refractivity contribution in [3.63, 3.8) is 0 Å². The van der Waals surface area contributed by atoms with Crippen LogP contribution in [0.5, 0.6) is 0 Å². The molecular weight excluding hydrogens is 288 g/mol. The summed E-state index contributed by atoms with van der Waals surface area (Å²) >= 11 is 6.15. The van der Waals surface area contributed by atoms with Crippen molar-refractivity contribution in [2.75, 3.05) is 32.8 Å². The summed E-state index contributed by atoms with van der Waals surface area (Å²) in [6, 6.07) is 5.13. The number of carbonyl (C=O) groups is 1. The Kier molecular flexibility index (Phi) is 7.84. The number of benzene rings is 1. The fourth-order valence-corrected chi connectivity index (χ4v) is 2.03. The number of ether oxygens (including phenoxy) is 1. The zero-order chi connectivity index (χ0) is 15.7. The molecule has 0 saturated heterocycles. The Morgan fingerprint density at radius 2 is 2.19 bits per heavy atom. The van der Waals surface area contributed by atoms with E-state index in [1.54, 1.807) is 23.1 Å². The number of nitrogens with two attached hydrogens (primary N) is 1. The maximum atomic E-state index is 12.4. The van der Waals surface area contributed by atoms with Gasteiger partial charge in [-0.1, -0.05) is 23.4 Å². The Labute approximate surface area is 131 Å². The smallest absolute Gasteiger partial charge is 0.253 e. The van der Waals surface area contributed by atoms with Crippen LogP contribution in [0.1, 0.15) is 29.8 Å². The summed E-state index contributed by atoms with van der Waals surface area (Å²) in [5.41, 5.74) is 6.56. The van der Waals surface area contributed by atoms with E-state index in [9.17, 15) is 4.79 Å². The molecule has 0 spiro atoms. The topological polar surface area (TPSA) is 55.6 Å². The van der Waals surface area contributed by atoms with Crippen LogP contribution >= 0.6 is 11.6 Å². The molecule has 0 aliphatic carbocycles. The summed E-state index contributed by atoms with van der Waals surface area (Å²) < 4.78 is 5.29. The first-order chi connectivity index (χ1) is 10.1. The predicted octanol–water partition coefficient (Wildman–Crippen LogP) is 2.15. The Hall–Kier alpha value is -1.54. The zero-order valence-electron chi connectivity index (χ0n) is 12.5. The van der Waals surface area contributed by atoms with Gasteiger partial charge in [-0.3, -0.25) is 4.79 Å². The molecule has 1 aromatic carbocycles. The number of rotatable bonds is 6. The molecule has 0 aromatic heterocycles. The highest BCUT2D eigenvalue weighted by atomic mass is 35.5. The molecule has 1 amide bonds. The highest BCUT2D eigenvalue weighted by molar-refractivity contribution is 6.32. The summed E-state index contributed by atoms with van der Waals surface area (Å²) in [6.45, 7) is 6.51. The lowest BCUT2D eigenvalue weighted by Gasteiger charge is -2.21. The first kappa shape index (κ1) is 17.5. The van der Waals surface area contributed by atoms with Crippen molar-refractivity contribution < 1.29 is 9.53 Å². The molecule has 5 heteroatoms. The van der Waals surface area contributed by atoms with Gasteiger partial charge in [0.25, 0.3) is 5.91 Å². The second kappa shape index (κ2) is 9.41. The monoisotopic (exact) mass is 308 g/mol. The lowest BCUT2D eigenvalue weighted by molar-refractivity contribution is 0.0669. The molecule has 0 unspecified atom stereocenters. The first-order valence-corrected chi connectivity index (χ1v) is 7.37. The lowest BCUT2D eigenvalue weighted by Crippen LogP contribution is -2.33. The fourth-order valence-electron chi connectivity index (χ4n) is 1.80. The highest BCUT2D eigenvalue weighted by Gasteiger charge is 2.15. The molecule has 0 bridgehead atoms. The number of carbonyl (C=O) groups excluding carboxylic acids is 1. The molecule has 4 nitrogen and oxygen atoms in total. The van der Waals surface area contributed by atoms with Crippen LogP contribution in [0.2, 0.25) is 5.02 Å². The molecule has 0 aliphatic rings. The van der Waals surface area contributed by atoms with E-state index in [1.165, 1.54) is 0 Å². The highest BCUT2D eigenvalue weighted by Crippen LogP contribution is 2.18. The Morgan fingerprint density at radius 1 is 1.43 bits per heavy atom. The summed E-state index contributed by atoms with van der Waals surface area (Å²) in [5.74, 6) is 5.56. The average molecular weight is 309 g/mol. The van der Waals surface area contributed by atoms with Crippen LogP contribution in [0.3, 0.4) is 0 Å². The normalized spacial score (nSPS) is 9.90. The minimum absolute atomic E-state index is 0.0579. The van der Waals surface area contributed by atoms with Crippen molar-refractivity contribution in [1.29, 1.82) is 0 Å². The van der Waals surface area contributed by atoms with Crippen LogP contribution in [-0.2, 0) is 4.74 Å². The van der Waals surface area contributed by atoms with E-state index in [0.717, 1.165) is 0 Å². The van der Waals surface area contributed by atoms with Gasteiger partial charge in [0, 0.05) is 30.8 Å². The third-order valence-electron chi connectivity index (χ3n) is 2.92. The summed E-state index contributed by atoms with van der Waals surface area (Å²) in [6.07, 6.45) is 0. The van der Waals surface area contributed by atoms with Gasteiger partial charge in [0.15, 0.2) is 0 Å². The maximum absolute atomic E-state index is 12.4. The molecule has 0 fully saturated rings. The van der Waals surface area contributed by atoms with E-state index in [4.69, 9.17) is 22.1 Å². The number of hydrogen-bond acceptors (Lipinski definition) is 3. The van der Waals surface area contributed by atoms with Crippen molar-refractivity contribution in [2.24, 2.45) is 5.73 Å².